The van der Waals surface area contributed by atoms with Crippen molar-refractivity contribution in [3.63, 3.8) is 0 Å². The van der Waals surface area contributed by atoms with Gasteiger partial charge in [-0.05, 0) is 24.8 Å². The molecule has 0 spiro atoms. The van der Waals surface area contributed by atoms with Crippen LogP contribution in [-0.4, -0.2) is 18.0 Å². The third kappa shape index (κ3) is 4.05. The zero-order chi connectivity index (χ0) is 14.4. The molecule has 0 bridgehead atoms. The van der Waals surface area contributed by atoms with Crippen molar-refractivity contribution in [2.24, 2.45) is 4.99 Å². The maximum absolute atomic E-state index is 4.54. The Kier molecular flexibility index (Phi) is 5.55. The molecule has 0 saturated carbocycles. The predicted molar refractivity (Wildman–Crippen MR) is 87.6 cm³/mol. The molecule has 0 aliphatic carbocycles. The van der Waals surface area contributed by atoms with Crippen LogP contribution in [0.4, 0.5) is 0 Å². The van der Waals surface area contributed by atoms with Gasteiger partial charge in [0.05, 0.1) is 23.3 Å². The van der Waals surface area contributed by atoms with Gasteiger partial charge in [-0.1, -0.05) is 13.0 Å². The molecule has 0 aliphatic rings. The second kappa shape index (κ2) is 7.40. The van der Waals surface area contributed by atoms with Gasteiger partial charge in [0.15, 0.2) is 5.96 Å². The number of aryl methyl sites for hydroxylation is 1. The predicted octanol–water partition coefficient (Wildman–Crippen LogP) is 3.19. The van der Waals surface area contributed by atoms with E-state index in [1.807, 2.05) is 0 Å². The van der Waals surface area contributed by atoms with Gasteiger partial charge in [-0.25, -0.2) is 4.98 Å². The summed E-state index contributed by atoms with van der Waals surface area (Å²) in [4.78, 5) is 10.1. The number of aliphatic imine (C=N–C) groups is 1. The van der Waals surface area contributed by atoms with E-state index in [1.165, 1.54) is 9.88 Å². The Morgan fingerprint density at radius 2 is 2.30 bits per heavy atom. The number of nitrogens with one attached hydrogen (secondary N) is 2. The lowest BCUT2D eigenvalue weighted by molar-refractivity contribution is 0.694. The van der Waals surface area contributed by atoms with Gasteiger partial charge in [0.2, 0.25) is 0 Å². The summed E-state index contributed by atoms with van der Waals surface area (Å²) in [6.07, 6.45) is 0.993. The van der Waals surface area contributed by atoms with E-state index in [1.54, 1.807) is 29.7 Å². The quantitative estimate of drug-likeness (QED) is 0.659. The van der Waals surface area contributed by atoms with Gasteiger partial charge in [-0.3, -0.25) is 4.99 Å². The molecule has 0 aliphatic heterocycles. The Hall–Kier alpha value is -1.40. The molecule has 0 amide bonds. The summed E-state index contributed by atoms with van der Waals surface area (Å²) in [5.41, 5.74) is 1.07. The molecule has 4 nitrogen and oxygen atoms in total. The standard InChI is InChI=1S/C14H20N4S2/c1-4-13-18-11(9-20-13)8-16-14(15-3)17-10(2)12-6-5-7-19-12/h5-7,9-10H,4,8H2,1-3H3,(H2,15,16,17). The van der Waals surface area contributed by atoms with Crippen molar-refractivity contribution in [3.05, 3.63) is 38.5 Å². The van der Waals surface area contributed by atoms with Gasteiger partial charge >= 0.3 is 0 Å². The number of rotatable bonds is 5. The molecule has 2 heterocycles. The Balaban J connectivity index is 1.86. The average molecular weight is 308 g/mol. The number of hydrogen-bond acceptors (Lipinski definition) is 4. The van der Waals surface area contributed by atoms with Crippen molar-refractivity contribution < 1.29 is 0 Å². The highest BCUT2D eigenvalue weighted by Crippen LogP contribution is 2.17. The largest absolute Gasteiger partial charge is 0.351 e. The molecule has 1 atom stereocenters. The molecule has 6 heteroatoms. The second-order valence-corrected chi connectivity index (χ2v) is 6.32. The van der Waals surface area contributed by atoms with E-state index in [2.05, 4.69) is 57.4 Å². The van der Waals surface area contributed by atoms with Crippen molar-refractivity contribution in [1.82, 2.24) is 15.6 Å². The van der Waals surface area contributed by atoms with Crippen LogP contribution in [0.1, 0.15) is 35.5 Å². The van der Waals surface area contributed by atoms with Crippen LogP contribution < -0.4 is 10.6 Å². The average Bonchev–Trinajstić information content (AvgIpc) is 3.13. The maximum atomic E-state index is 4.54. The minimum Gasteiger partial charge on any atom is -0.351 e. The first kappa shape index (κ1) is 15.0. The number of nitrogens with zero attached hydrogens (tertiary/aromatic N) is 2. The number of aromatic nitrogens is 1. The number of thiazole rings is 1. The van der Waals surface area contributed by atoms with E-state index in [0.717, 1.165) is 18.1 Å². The normalized spacial score (nSPS) is 13.2. The third-order valence-corrected chi connectivity index (χ3v) is 4.98. The monoisotopic (exact) mass is 308 g/mol. The van der Waals surface area contributed by atoms with Crippen LogP contribution in [0.25, 0.3) is 0 Å². The number of hydrogen-bond donors (Lipinski definition) is 2. The molecule has 2 rings (SSSR count). The van der Waals surface area contributed by atoms with E-state index >= 15 is 0 Å². The lowest BCUT2D eigenvalue weighted by atomic mass is 10.3. The lowest BCUT2D eigenvalue weighted by Crippen LogP contribution is -2.38. The van der Waals surface area contributed by atoms with Crippen LogP contribution >= 0.6 is 22.7 Å². The van der Waals surface area contributed by atoms with Crippen LogP contribution in [0.5, 0.6) is 0 Å². The molecular weight excluding hydrogens is 288 g/mol. The smallest absolute Gasteiger partial charge is 0.191 e. The van der Waals surface area contributed by atoms with Crippen molar-refractivity contribution in [2.75, 3.05) is 7.05 Å². The molecule has 1 unspecified atom stereocenters. The highest BCUT2D eigenvalue weighted by atomic mass is 32.1. The Bertz CT molecular complexity index is 545. The molecule has 2 aromatic heterocycles. The minimum absolute atomic E-state index is 0.253. The molecular formula is C14H20N4S2. The lowest BCUT2D eigenvalue weighted by Gasteiger charge is -2.16. The van der Waals surface area contributed by atoms with Gasteiger partial charge in [0.1, 0.15) is 0 Å². The van der Waals surface area contributed by atoms with Crippen LogP contribution in [0.3, 0.4) is 0 Å². The fraction of sp³-hybridized carbons (Fsp3) is 0.429. The first-order chi connectivity index (χ1) is 9.72. The highest BCUT2D eigenvalue weighted by molar-refractivity contribution is 7.10. The Labute approximate surface area is 128 Å². The van der Waals surface area contributed by atoms with Crippen molar-refractivity contribution >= 4 is 28.6 Å². The van der Waals surface area contributed by atoms with Crippen LogP contribution in [0.2, 0.25) is 0 Å². The van der Waals surface area contributed by atoms with Gasteiger partial charge in [-0.15, -0.1) is 22.7 Å². The van der Waals surface area contributed by atoms with E-state index in [4.69, 9.17) is 0 Å². The summed E-state index contributed by atoms with van der Waals surface area (Å²) < 4.78 is 0. The fourth-order valence-corrected chi connectivity index (χ4v) is 3.25. The summed E-state index contributed by atoms with van der Waals surface area (Å²) in [6, 6.07) is 4.45. The zero-order valence-electron chi connectivity index (χ0n) is 12.0. The van der Waals surface area contributed by atoms with Crippen molar-refractivity contribution in [2.45, 2.75) is 32.9 Å². The highest BCUT2D eigenvalue weighted by Gasteiger charge is 2.09. The molecule has 0 saturated heterocycles. The van der Waals surface area contributed by atoms with Gasteiger partial charge in [-0.2, -0.15) is 0 Å². The molecule has 20 heavy (non-hydrogen) atoms. The fourth-order valence-electron chi connectivity index (χ4n) is 1.78. The molecule has 2 N–H and O–H groups in total. The summed E-state index contributed by atoms with van der Waals surface area (Å²) >= 11 is 3.46. The topological polar surface area (TPSA) is 49.3 Å². The van der Waals surface area contributed by atoms with Crippen LogP contribution in [0, 0.1) is 0 Å². The van der Waals surface area contributed by atoms with E-state index in [0.29, 0.717) is 6.54 Å². The Morgan fingerprint density at radius 3 is 2.90 bits per heavy atom. The Morgan fingerprint density at radius 1 is 1.45 bits per heavy atom. The molecule has 0 fully saturated rings. The number of thiophene rings is 1. The SMILES string of the molecule is CCc1nc(CNC(=NC)NC(C)c2cccs2)cs1. The minimum atomic E-state index is 0.253. The van der Waals surface area contributed by atoms with Crippen LogP contribution in [0.15, 0.2) is 27.9 Å². The van der Waals surface area contributed by atoms with Crippen molar-refractivity contribution in [3.8, 4) is 0 Å². The van der Waals surface area contributed by atoms with Crippen molar-refractivity contribution in [1.29, 1.82) is 0 Å². The third-order valence-electron chi connectivity index (χ3n) is 2.89. The van der Waals surface area contributed by atoms with Gasteiger partial charge < -0.3 is 10.6 Å². The van der Waals surface area contributed by atoms with E-state index < -0.39 is 0 Å². The van der Waals surface area contributed by atoms with E-state index in [-0.39, 0.29) is 6.04 Å². The molecule has 108 valence electrons. The summed E-state index contributed by atoms with van der Waals surface area (Å²) in [6.45, 7) is 4.96. The first-order valence-electron chi connectivity index (χ1n) is 6.66. The summed E-state index contributed by atoms with van der Waals surface area (Å²) in [7, 11) is 1.79. The van der Waals surface area contributed by atoms with Gasteiger partial charge in [0.25, 0.3) is 0 Å². The van der Waals surface area contributed by atoms with E-state index in [9.17, 15) is 0 Å². The maximum Gasteiger partial charge on any atom is 0.191 e. The molecule has 0 aromatic carbocycles. The molecule has 0 radical (unpaired) electrons. The second-order valence-electron chi connectivity index (χ2n) is 4.39. The summed E-state index contributed by atoms with van der Waals surface area (Å²) in [5.74, 6) is 0.803. The molecule has 2 aromatic rings. The van der Waals surface area contributed by atoms with Gasteiger partial charge in [0, 0.05) is 17.3 Å². The first-order valence-corrected chi connectivity index (χ1v) is 8.42. The number of guanidine groups is 1. The van der Waals surface area contributed by atoms with Crippen LogP contribution in [-0.2, 0) is 13.0 Å². The summed E-state index contributed by atoms with van der Waals surface area (Å²) in [5, 5.41) is 12.1. The zero-order valence-corrected chi connectivity index (χ0v) is 13.6.